The molecule has 0 aliphatic rings. The summed E-state index contributed by atoms with van der Waals surface area (Å²) in [5.41, 5.74) is 1.39. The number of carbonyl (C=O) groups excluding carboxylic acids is 1. The zero-order valence-electron chi connectivity index (χ0n) is 15.8. The van der Waals surface area contributed by atoms with Crippen molar-refractivity contribution in [3.8, 4) is 22.8 Å². The van der Waals surface area contributed by atoms with E-state index in [9.17, 15) is 14.9 Å². The normalized spacial score (nSPS) is 10.0. The van der Waals surface area contributed by atoms with Crippen LogP contribution in [0.15, 0.2) is 61.1 Å². The fraction of sp³-hybridized carbons (Fsp3) is 0.150. The van der Waals surface area contributed by atoms with Gasteiger partial charge in [0.1, 0.15) is 0 Å². The Morgan fingerprint density at radius 1 is 1.10 bits per heavy atom. The van der Waals surface area contributed by atoms with Gasteiger partial charge in [-0.2, -0.15) is 0 Å². The molecule has 150 valence electrons. The van der Waals surface area contributed by atoms with Gasteiger partial charge in [0.25, 0.3) is 12.0 Å². The third-order valence-corrected chi connectivity index (χ3v) is 4.18. The summed E-state index contributed by atoms with van der Waals surface area (Å²) in [6, 6.07) is 13.1. The van der Waals surface area contributed by atoms with Crippen LogP contribution in [0.4, 0.5) is 5.69 Å². The molecule has 3 aromatic rings. The number of methoxy groups -OCH3 is 2. The highest BCUT2D eigenvalue weighted by molar-refractivity contribution is 8.93. The fourth-order valence-corrected chi connectivity index (χ4v) is 2.76. The van der Waals surface area contributed by atoms with Crippen molar-refractivity contribution in [2.45, 2.75) is 6.54 Å². The molecule has 0 spiro atoms. The van der Waals surface area contributed by atoms with Crippen molar-refractivity contribution < 1.29 is 23.8 Å². The van der Waals surface area contributed by atoms with Gasteiger partial charge in [0.2, 0.25) is 5.78 Å². The van der Waals surface area contributed by atoms with Crippen LogP contribution in [-0.4, -0.2) is 29.9 Å². The third-order valence-electron chi connectivity index (χ3n) is 4.18. The van der Waals surface area contributed by atoms with Gasteiger partial charge in [-0.05, 0) is 29.2 Å². The van der Waals surface area contributed by atoms with Crippen molar-refractivity contribution in [2.24, 2.45) is 0 Å². The first-order chi connectivity index (χ1) is 13.5. The molecule has 29 heavy (non-hydrogen) atoms. The largest absolute Gasteiger partial charge is 0.493 e. The number of hydrogen-bond acceptors (Lipinski definition) is 6. The Bertz CT molecular complexity index is 1020. The SMILES string of the molecule is Br.COc1ccc(-c2cc[n+](CC(=O)c3ccccc3[N+](=O)[O-])cn2)cc1OC. The highest BCUT2D eigenvalue weighted by Crippen LogP contribution is 2.31. The van der Waals surface area contributed by atoms with Crippen molar-refractivity contribution in [1.29, 1.82) is 0 Å². The van der Waals surface area contributed by atoms with E-state index in [1.807, 2.05) is 12.1 Å². The number of carbonyl (C=O) groups is 1. The highest BCUT2D eigenvalue weighted by atomic mass is 79.9. The molecule has 1 aromatic heterocycles. The Morgan fingerprint density at radius 3 is 2.45 bits per heavy atom. The monoisotopic (exact) mass is 460 g/mol. The Morgan fingerprint density at radius 2 is 1.83 bits per heavy atom. The van der Waals surface area contributed by atoms with E-state index in [4.69, 9.17) is 9.47 Å². The van der Waals surface area contributed by atoms with E-state index in [1.165, 1.54) is 24.5 Å². The number of aromatic nitrogens is 2. The van der Waals surface area contributed by atoms with E-state index < -0.39 is 4.92 Å². The van der Waals surface area contributed by atoms with Gasteiger partial charge in [0, 0.05) is 17.7 Å². The molecule has 0 bridgehead atoms. The number of nitro groups is 1. The maximum absolute atomic E-state index is 12.5. The molecule has 0 radical (unpaired) electrons. The number of Topliss-reactive ketones (excluding diaryl/α,β-unsaturated/α-hetero) is 1. The third kappa shape index (κ3) is 4.94. The predicted octanol–water partition coefficient (Wildman–Crippen LogP) is 3.42. The van der Waals surface area contributed by atoms with Crippen molar-refractivity contribution in [1.82, 2.24) is 4.98 Å². The maximum Gasteiger partial charge on any atom is 0.287 e. The molecule has 0 fully saturated rings. The Kier molecular flexibility index (Phi) is 7.38. The minimum atomic E-state index is -0.559. The lowest BCUT2D eigenvalue weighted by molar-refractivity contribution is -0.686. The van der Waals surface area contributed by atoms with Crippen LogP contribution in [0.5, 0.6) is 11.5 Å². The number of ether oxygens (including phenoxy) is 2. The Balaban J connectivity index is 0.00000300. The number of hydrogen-bond donors (Lipinski definition) is 0. The molecule has 9 heteroatoms. The molecule has 0 saturated heterocycles. The molecule has 0 aliphatic heterocycles. The number of benzene rings is 2. The first kappa shape index (κ1) is 22.0. The molecule has 2 aromatic carbocycles. The van der Waals surface area contributed by atoms with Crippen LogP contribution in [0.1, 0.15) is 10.4 Å². The van der Waals surface area contributed by atoms with Crippen molar-refractivity contribution in [3.63, 3.8) is 0 Å². The number of rotatable bonds is 7. The van der Waals surface area contributed by atoms with Crippen LogP contribution in [0.25, 0.3) is 11.3 Å². The molecular formula is C20H19BrN3O5+. The zero-order valence-corrected chi connectivity index (χ0v) is 17.5. The standard InChI is InChI=1S/C20H18N3O5.BrH/c1-27-19-8-7-14(11-20(19)28-2)16-9-10-22(13-21-16)12-18(24)15-5-3-4-6-17(15)23(25)26;/h3-11,13H,12H2,1-2H3;1H/q+1;. The van der Waals surface area contributed by atoms with Gasteiger partial charge in [0.05, 0.1) is 30.9 Å². The molecule has 0 amide bonds. The topological polar surface area (TPSA) is 95.4 Å². The number of para-hydroxylation sites is 1. The molecule has 3 rings (SSSR count). The van der Waals surface area contributed by atoms with Gasteiger partial charge < -0.3 is 9.47 Å². The maximum atomic E-state index is 12.5. The molecule has 0 atom stereocenters. The molecule has 0 aliphatic carbocycles. The van der Waals surface area contributed by atoms with Gasteiger partial charge in [-0.3, -0.25) is 14.9 Å². The summed E-state index contributed by atoms with van der Waals surface area (Å²) in [5, 5.41) is 11.1. The second kappa shape index (κ2) is 9.74. The average molecular weight is 461 g/mol. The summed E-state index contributed by atoms with van der Waals surface area (Å²) in [7, 11) is 3.12. The van der Waals surface area contributed by atoms with Crippen LogP contribution in [0, 0.1) is 10.1 Å². The molecule has 0 saturated carbocycles. The quantitative estimate of drug-likeness (QED) is 0.232. The zero-order chi connectivity index (χ0) is 20.1. The van der Waals surface area contributed by atoms with Crippen LogP contribution in [0.2, 0.25) is 0 Å². The van der Waals surface area contributed by atoms with Gasteiger partial charge >= 0.3 is 0 Å². The van der Waals surface area contributed by atoms with Crippen LogP contribution >= 0.6 is 17.0 Å². The summed E-state index contributed by atoms with van der Waals surface area (Å²) in [5.74, 6) is 0.843. The molecular weight excluding hydrogens is 442 g/mol. The van der Waals surface area contributed by atoms with Gasteiger partial charge in [-0.1, -0.05) is 12.1 Å². The summed E-state index contributed by atoms with van der Waals surface area (Å²) in [6.45, 7) is -0.0515. The first-order valence-electron chi connectivity index (χ1n) is 8.37. The first-order valence-corrected chi connectivity index (χ1v) is 8.37. The number of ketones is 1. The van der Waals surface area contributed by atoms with E-state index in [0.29, 0.717) is 17.2 Å². The molecule has 0 N–H and O–H groups in total. The van der Waals surface area contributed by atoms with Gasteiger partial charge in [-0.25, -0.2) is 4.57 Å². The summed E-state index contributed by atoms with van der Waals surface area (Å²) < 4.78 is 12.1. The van der Waals surface area contributed by atoms with E-state index in [0.717, 1.165) is 5.56 Å². The fourth-order valence-electron chi connectivity index (χ4n) is 2.76. The minimum absolute atomic E-state index is 0. The minimum Gasteiger partial charge on any atom is -0.493 e. The second-order valence-electron chi connectivity index (χ2n) is 5.89. The van der Waals surface area contributed by atoms with E-state index in [2.05, 4.69) is 4.98 Å². The Labute approximate surface area is 177 Å². The molecule has 1 heterocycles. The summed E-state index contributed by atoms with van der Waals surface area (Å²) >= 11 is 0. The number of nitro benzene ring substituents is 1. The average Bonchev–Trinajstić information content (AvgIpc) is 2.73. The van der Waals surface area contributed by atoms with E-state index in [1.54, 1.807) is 43.2 Å². The van der Waals surface area contributed by atoms with E-state index in [-0.39, 0.29) is 40.6 Å². The van der Waals surface area contributed by atoms with Crippen LogP contribution < -0.4 is 14.0 Å². The number of nitrogens with zero attached hydrogens (tertiary/aromatic N) is 3. The lowest BCUT2D eigenvalue weighted by Gasteiger charge is -2.08. The number of halogens is 1. The Hall–Kier alpha value is -3.33. The highest BCUT2D eigenvalue weighted by Gasteiger charge is 2.21. The van der Waals surface area contributed by atoms with Crippen LogP contribution in [-0.2, 0) is 6.54 Å². The smallest absolute Gasteiger partial charge is 0.287 e. The lowest BCUT2D eigenvalue weighted by atomic mass is 10.1. The predicted molar refractivity (Wildman–Crippen MR) is 111 cm³/mol. The summed E-state index contributed by atoms with van der Waals surface area (Å²) in [4.78, 5) is 27.4. The summed E-state index contributed by atoms with van der Waals surface area (Å²) in [6.07, 6.45) is 3.21. The lowest BCUT2D eigenvalue weighted by Crippen LogP contribution is -2.37. The van der Waals surface area contributed by atoms with Gasteiger partial charge in [-0.15, -0.1) is 17.0 Å². The van der Waals surface area contributed by atoms with Crippen molar-refractivity contribution >= 4 is 28.5 Å². The van der Waals surface area contributed by atoms with Crippen molar-refractivity contribution in [2.75, 3.05) is 14.2 Å². The van der Waals surface area contributed by atoms with E-state index >= 15 is 0 Å². The molecule has 8 nitrogen and oxygen atoms in total. The van der Waals surface area contributed by atoms with Crippen LogP contribution in [0.3, 0.4) is 0 Å². The van der Waals surface area contributed by atoms with Crippen molar-refractivity contribution in [3.05, 3.63) is 76.7 Å². The van der Waals surface area contributed by atoms with Gasteiger partial charge in [0.15, 0.2) is 23.7 Å². The molecule has 0 unspecified atom stereocenters. The second-order valence-corrected chi connectivity index (χ2v) is 5.89.